The number of aromatic amines is 1. The number of rotatable bonds is 4. The number of nitrogens with one attached hydrogen (secondary N) is 2. The number of alkyl halides is 3. The van der Waals surface area contributed by atoms with E-state index in [1.165, 1.54) is 4.90 Å². The summed E-state index contributed by atoms with van der Waals surface area (Å²) in [5.41, 5.74) is 4.46. The molecule has 2 amide bonds. The van der Waals surface area contributed by atoms with Crippen molar-refractivity contribution in [2.75, 3.05) is 31.6 Å². The molecule has 3 aromatic rings. The van der Waals surface area contributed by atoms with Crippen LogP contribution < -0.4 is 5.32 Å². The minimum atomic E-state index is -4.60. The molecule has 1 aromatic carbocycles. The number of aryl methyl sites for hydroxylation is 1. The lowest BCUT2D eigenvalue weighted by Gasteiger charge is -2.37. The van der Waals surface area contributed by atoms with E-state index in [-0.39, 0.29) is 19.7 Å². The number of anilines is 2. The molecular formula is C22H21F3N6O3. The van der Waals surface area contributed by atoms with Crippen molar-refractivity contribution in [3.63, 3.8) is 0 Å². The van der Waals surface area contributed by atoms with Crippen LogP contribution in [0.4, 0.5) is 24.5 Å². The van der Waals surface area contributed by atoms with Gasteiger partial charge < -0.3 is 19.9 Å². The lowest BCUT2D eigenvalue weighted by atomic mass is 10.1. The molecular weight excluding hydrogens is 453 g/mol. The minimum Gasteiger partial charge on any atom is -0.377 e. The largest absolute Gasteiger partial charge is 0.411 e. The third-order valence-corrected chi connectivity index (χ3v) is 6.02. The van der Waals surface area contributed by atoms with E-state index < -0.39 is 37.2 Å². The van der Waals surface area contributed by atoms with Gasteiger partial charge in [0.25, 0.3) is 5.91 Å². The molecule has 0 spiro atoms. The fraction of sp³-hybridized carbons (Fsp3) is 0.364. The molecule has 4 heterocycles. The average Bonchev–Trinajstić information content (AvgIpc) is 3.33. The van der Waals surface area contributed by atoms with E-state index in [1.54, 1.807) is 24.4 Å². The van der Waals surface area contributed by atoms with E-state index in [4.69, 9.17) is 4.74 Å². The topological polar surface area (TPSA) is 103 Å². The molecule has 0 aliphatic carbocycles. The van der Waals surface area contributed by atoms with Gasteiger partial charge in [0.2, 0.25) is 5.91 Å². The van der Waals surface area contributed by atoms with Crippen LogP contribution >= 0.6 is 0 Å². The third kappa shape index (κ3) is 3.94. The Morgan fingerprint density at radius 2 is 2.18 bits per heavy atom. The molecule has 12 heteroatoms. The van der Waals surface area contributed by atoms with E-state index in [9.17, 15) is 22.8 Å². The van der Waals surface area contributed by atoms with Crippen LogP contribution in [-0.2, 0) is 16.1 Å². The second kappa shape index (κ2) is 8.28. The summed E-state index contributed by atoms with van der Waals surface area (Å²) in [4.78, 5) is 32.3. The zero-order valence-corrected chi connectivity index (χ0v) is 18.1. The van der Waals surface area contributed by atoms with Crippen molar-refractivity contribution in [2.24, 2.45) is 0 Å². The van der Waals surface area contributed by atoms with Crippen molar-refractivity contribution in [3.8, 4) is 0 Å². The van der Waals surface area contributed by atoms with E-state index in [0.29, 0.717) is 22.5 Å². The summed E-state index contributed by atoms with van der Waals surface area (Å²) in [6.45, 7) is 0.771. The number of ether oxygens (including phenoxy) is 1. The summed E-state index contributed by atoms with van der Waals surface area (Å²) in [6, 6.07) is 5.06. The zero-order chi connectivity index (χ0) is 24.0. The molecule has 9 nitrogen and oxygen atoms in total. The van der Waals surface area contributed by atoms with E-state index >= 15 is 0 Å². The number of nitrogens with zero attached hydrogens (tertiary/aromatic N) is 4. The summed E-state index contributed by atoms with van der Waals surface area (Å²) in [5.74, 6) is -1.18. The van der Waals surface area contributed by atoms with Crippen LogP contribution in [0.1, 0.15) is 21.6 Å². The van der Waals surface area contributed by atoms with Crippen LogP contribution in [0.3, 0.4) is 0 Å². The van der Waals surface area contributed by atoms with Gasteiger partial charge in [-0.1, -0.05) is 12.1 Å². The highest BCUT2D eigenvalue weighted by Gasteiger charge is 2.47. The molecule has 2 aliphatic rings. The number of fused-ring (bicyclic) bond motifs is 2. The molecule has 34 heavy (non-hydrogen) atoms. The number of hydrogen-bond donors (Lipinski definition) is 2. The fourth-order valence-corrected chi connectivity index (χ4v) is 4.34. The number of amides is 2. The summed E-state index contributed by atoms with van der Waals surface area (Å²) in [5, 5.41) is 10.2. The first-order chi connectivity index (χ1) is 16.2. The number of aromatic nitrogens is 3. The SMILES string of the molecule is Cc1n[nH]c2cc(Nc3cccc4c3C(=O)N(CC(=O)N3CCOC[C@H]3C(F)(F)F)C4)cnc12. The van der Waals surface area contributed by atoms with Crippen LogP contribution in [0.25, 0.3) is 11.0 Å². The molecule has 1 atom stereocenters. The molecule has 0 bridgehead atoms. The Morgan fingerprint density at radius 1 is 1.35 bits per heavy atom. The normalized spacial score (nSPS) is 18.5. The van der Waals surface area contributed by atoms with Crippen molar-refractivity contribution in [3.05, 3.63) is 47.3 Å². The molecule has 2 aromatic heterocycles. The Balaban J connectivity index is 1.34. The van der Waals surface area contributed by atoms with E-state index in [2.05, 4.69) is 20.5 Å². The van der Waals surface area contributed by atoms with Gasteiger partial charge in [0.15, 0.2) is 6.04 Å². The van der Waals surface area contributed by atoms with Gasteiger partial charge in [-0.15, -0.1) is 0 Å². The number of H-pyrrole nitrogens is 1. The Labute approximate surface area is 191 Å². The van der Waals surface area contributed by atoms with Gasteiger partial charge in [0.05, 0.1) is 47.6 Å². The molecule has 0 saturated carbocycles. The van der Waals surface area contributed by atoms with Crippen molar-refractivity contribution in [1.82, 2.24) is 25.0 Å². The van der Waals surface area contributed by atoms with E-state index in [0.717, 1.165) is 21.6 Å². The van der Waals surface area contributed by atoms with Crippen LogP contribution in [0.2, 0.25) is 0 Å². The first kappa shape index (κ1) is 22.1. The number of benzene rings is 1. The highest BCUT2D eigenvalue weighted by Crippen LogP contribution is 2.32. The van der Waals surface area contributed by atoms with Gasteiger partial charge in [-0.2, -0.15) is 18.3 Å². The molecule has 1 saturated heterocycles. The summed E-state index contributed by atoms with van der Waals surface area (Å²) < 4.78 is 44.9. The summed E-state index contributed by atoms with van der Waals surface area (Å²) in [7, 11) is 0. The zero-order valence-electron chi connectivity index (χ0n) is 18.1. The van der Waals surface area contributed by atoms with Crippen LogP contribution in [0.5, 0.6) is 0 Å². The monoisotopic (exact) mass is 474 g/mol. The highest BCUT2D eigenvalue weighted by molar-refractivity contribution is 6.05. The molecule has 0 unspecified atom stereocenters. The molecule has 1 fully saturated rings. The Kier molecular flexibility index (Phi) is 5.39. The third-order valence-electron chi connectivity index (χ3n) is 6.02. The minimum absolute atomic E-state index is 0.0226. The second-order valence-electron chi connectivity index (χ2n) is 8.27. The Bertz CT molecular complexity index is 1270. The van der Waals surface area contributed by atoms with Gasteiger partial charge in [0, 0.05) is 13.1 Å². The maximum atomic E-state index is 13.3. The second-order valence-corrected chi connectivity index (χ2v) is 8.27. The van der Waals surface area contributed by atoms with E-state index in [1.807, 2.05) is 13.0 Å². The predicted molar refractivity (Wildman–Crippen MR) is 115 cm³/mol. The lowest BCUT2D eigenvalue weighted by Crippen LogP contribution is -2.57. The van der Waals surface area contributed by atoms with Gasteiger partial charge >= 0.3 is 6.18 Å². The van der Waals surface area contributed by atoms with Crippen molar-refractivity contribution in [1.29, 1.82) is 0 Å². The van der Waals surface area contributed by atoms with Gasteiger partial charge in [-0.3, -0.25) is 19.7 Å². The summed E-state index contributed by atoms with van der Waals surface area (Å²) in [6.07, 6.45) is -2.98. The summed E-state index contributed by atoms with van der Waals surface area (Å²) >= 11 is 0. The van der Waals surface area contributed by atoms with Gasteiger partial charge in [-0.25, -0.2) is 0 Å². The van der Waals surface area contributed by atoms with Gasteiger partial charge in [0.1, 0.15) is 12.1 Å². The quantitative estimate of drug-likeness (QED) is 0.603. The average molecular weight is 474 g/mol. The molecule has 0 radical (unpaired) electrons. The molecule has 2 aliphatic heterocycles. The Morgan fingerprint density at radius 3 is 2.97 bits per heavy atom. The standard InChI is InChI=1S/C22H21F3N6O3/c1-12-20-16(29-28-12)7-14(8-26-20)27-15-4-2-3-13-9-30(21(33)19(13)15)10-18(32)31-5-6-34-11-17(31)22(23,24)25/h2-4,7-8,17,27H,5-6,9-11H2,1H3,(H,28,29)/t17-/m0/s1. The fourth-order valence-electron chi connectivity index (χ4n) is 4.34. The van der Waals surface area contributed by atoms with Crippen LogP contribution in [0, 0.1) is 6.92 Å². The lowest BCUT2D eigenvalue weighted by molar-refractivity contribution is -0.213. The van der Waals surface area contributed by atoms with Crippen molar-refractivity contribution >= 4 is 34.2 Å². The predicted octanol–water partition coefficient (Wildman–Crippen LogP) is 2.76. The number of hydrogen-bond acceptors (Lipinski definition) is 6. The van der Waals surface area contributed by atoms with Crippen molar-refractivity contribution < 1.29 is 27.5 Å². The highest BCUT2D eigenvalue weighted by atomic mass is 19.4. The maximum Gasteiger partial charge on any atom is 0.411 e. The number of carbonyl (C=O) groups is 2. The first-order valence-electron chi connectivity index (χ1n) is 10.6. The Hall–Kier alpha value is -3.67. The van der Waals surface area contributed by atoms with Crippen LogP contribution in [-0.4, -0.2) is 75.3 Å². The van der Waals surface area contributed by atoms with Crippen molar-refractivity contribution in [2.45, 2.75) is 25.7 Å². The molecule has 178 valence electrons. The van der Waals surface area contributed by atoms with Gasteiger partial charge in [-0.05, 0) is 24.6 Å². The smallest absolute Gasteiger partial charge is 0.377 e. The number of carbonyl (C=O) groups excluding carboxylic acids is 2. The first-order valence-corrected chi connectivity index (χ1v) is 10.6. The number of halogens is 3. The number of morpholine rings is 1. The molecule has 2 N–H and O–H groups in total. The maximum absolute atomic E-state index is 13.3. The van der Waals surface area contributed by atoms with Crippen LogP contribution in [0.15, 0.2) is 30.5 Å². The number of pyridine rings is 1. The molecule has 5 rings (SSSR count).